The van der Waals surface area contributed by atoms with Crippen molar-refractivity contribution in [2.24, 2.45) is 0 Å². The molecule has 3 heteroatoms. The summed E-state index contributed by atoms with van der Waals surface area (Å²) in [6.45, 7) is 1.01. The number of hydrogen-bond donors (Lipinski definition) is 2. The fraction of sp³-hybridized carbons (Fsp3) is 0.412. The van der Waals surface area contributed by atoms with Crippen LogP contribution in [0.15, 0.2) is 24.3 Å². The standard InChI is InChI=1S/C17H20N2S/c18-13-5-6-15-11(8-13)4-7-16(15)19-10-14-9-12-2-1-3-17(12)20-14/h5-6,8-9,16,19H,1-4,7,10,18H2. The lowest BCUT2D eigenvalue weighted by Gasteiger charge is -2.13. The molecular formula is C17H20N2S. The van der Waals surface area contributed by atoms with Gasteiger partial charge < -0.3 is 11.1 Å². The van der Waals surface area contributed by atoms with Gasteiger partial charge in [-0.2, -0.15) is 0 Å². The summed E-state index contributed by atoms with van der Waals surface area (Å²) >= 11 is 2.01. The summed E-state index contributed by atoms with van der Waals surface area (Å²) in [5, 5.41) is 3.73. The molecule has 0 fully saturated rings. The first-order valence-electron chi connectivity index (χ1n) is 7.52. The van der Waals surface area contributed by atoms with E-state index in [0.717, 1.165) is 18.7 Å². The highest BCUT2D eigenvalue weighted by Gasteiger charge is 2.22. The molecule has 2 aliphatic rings. The van der Waals surface area contributed by atoms with Crippen LogP contribution in [0.5, 0.6) is 0 Å². The fourth-order valence-electron chi connectivity index (χ4n) is 3.55. The van der Waals surface area contributed by atoms with E-state index in [4.69, 9.17) is 5.73 Å². The molecule has 1 atom stereocenters. The minimum absolute atomic E-state index is 0.502. The molecule has 2 aromatic rings. The Morgan fingerprint density at radius 1 is 1.15 bits per heavy atom. The van der Waals surface area contributed by atoms with Crippen LogP contribution in [0.25, 0.3) is 0 Å². The van der Waals surface area contributed by atoms with Crippen molar-refractivity contribution < 1.29 is 0 Å². The van der Waals surface area contributed by atoms with Gasteiger partial charge >= 0.3 is 0 Å². The van der Waals surface area contributed by atoms with Crippen LogP contribution in [0.4, 0.5) is 5.69 Å². The van der Waals surface area contributed by atoms with E-state index in [2.05, 4.69) is 23.5 Å². The maximum absolute atomic E-state index is 5.86. The summed E-state index contributed by atoms with van der Waals surface area (Å²) in [5.41, 5.74) is 11.2. The Labute approximate surface area is 124 Å². The number of nitrogens with one attached hydrogen (secondary N) is 1. The molecule has 1 aromatic carbocycles. The normalized spacial score (nSPS) is 20.1. The fourth-order valence-corrected chi connectivity index (χ4v) is 4.76. The van der Waals surface area contributed by atoms with Gasteiger partial charge in [0.1, 0.15) is 0 Å². The monoisotopic (exact) mass is 284 g/mol. The van der Waals surface area contributed by atoms with Gasteiger partial charge in [-0.25, -0.2) is 0 Å². The van der Waals surface area contributed by atoms with Crippen LogP contribution >= 0.6 is 11.3 Å². The number of benzene rings is 1. The predicted octanol–water partition coefficient (Wildman–Crippen LogP) is 3.60. The first-order valence-corrected chi connectivity index (χ1v) is 8.33. The number of nitrogen functional groups attached to an aromatic ring is 1. The lowest BCUT2D eigenvalue weighted by Crippen LogP contribution is -2.18. The molecule has 1 aromatic heterocycles. The summed E-state index contributed by atoms with van der Waals surface area (Å²) in [7, 11) is 0. The van der Waals surface area contributed by atoms with Gasteiger partial charge in [-0.3, -0.25) is 0 Å². The summed E-state index contributed by atoms with van der Waals surface area (Å²) < 4.78 is 0. The summed E-state index contributed by atoms with van der Waals surface area (Å²) in [5.74, 6) is 0. The Balaban J connectivity index is 1.46. The first kappa shape index (κ1) is 12.4. The molecular weight excluding hydrogens is 264 g/mol. The average molecular weight is 284 g/mol. The lowest BCUT2D eigenvalue weighted by molar-refractivity contribution is 0.533. The van der Waals surface area contributed by atoms with Crippen molar-refractivity contribution in [3.63, 3.8) is 0 Å². The Morgan fingerprint density at radius 3 is 3.00 bits per heavy atom. The molecule has 2 nitrogen and oxygen atoms in total. The number of hydrogen-bond acceptors (Lipinski definition) is 3. The zero-order valence-electron chi connectivity index (χ0n) is 11.6. The van der Waals surface area contributed by atoms with E-state index in [1.807, 2.05) is 17.4 Å². The number of rotatable bonds is 3. The van der Waals surface area contributed by atoms with Crippen LogP contribution < -0.4 is 11.1 Å². The highest BCUT2D eigenvalue weighted by molar-refractivity contribution is 7.12. The molecule has 0 aliphatic heterocycles. The Kier molecular flexibility index (Phi) is 3.04. The highest BCUT2D eigenvalue weighted by Crippen LogP contribution is 2.34. The molecule has 2 aliphatic carbocycles. The second-order valence-corrected chi connectivity index (χ2v) is 7.17. The van der Waals surface area contributed by atoms with Crippen LogP contribution in [-0.4, -0.2) is 0 Å². The minimum atomic E-state index is 0.502. The van der Waals surface area contributed by atoms with Crippen LogP contribution in [-0.2, 0) is 25.8 Å². The van der Waals surface area contributed by atoms with Crippen LogP contribution in [0.1, 0.15) is 45.3 Å². The number of nitrogens with two attached hydrogens (primary N) is 1. The molecule has 20 heavy (non-hydrogen) atoms. The summed E-state index contributed by atoms with van der Waals surface area (Å²) in [6, 6.07) is 9.28. The van der Waals surface area contributed by atoms with Crippen molar-refractivity contribution in [2.75, 3.05) is 5.73 Å². The third-order valence-electron chi connectivity index (χ3n) is 4.57. The van der Waals surface area contributed by atoms with Crippen molar-refractivity contribution in [3.8, 4) is 0 Å². The number of thiophene rings is 1. The van der Waals surface area contributed by atoms with E-state index in [0.29, 0.717) is 6.04 Å². The van der Waals surface area contributed by atoms with Gasteiger partial charge in [0.15, 0.2) is 0 Å². The SMILES string of the molecule is Nc1ccc2c(c1)CCC2NCc1cc2c(s1)CCC2. The molecule has 4 rings (SSSR count). The third kappa shape index (κ3) is 2.15. The van der Waals surface area contributed by atoms with E-state index < -0.39 is 0 Å². The predicted molar refractivity (Wildman–Crippen MR) is 85.1 cm³/mol. The average Bonchev–Trinajstić information content (AvgIpc) is 3.09. The van der Waals surface area contributed by atoms with Crippen LogP contribution in [0.2, 0.25) is 0 Å². The van der Waals surface area contributed by atoms with E-state index >= 15 is 0 Å². The van der Waals surface area contributed by atoms with Gasteiger partial charge in [0.05, 0.1) is 0 Å². The minimum Gasteiger partial charge on any atom is -0.399 e. The molecule has 0 saturated carbocycles. The Bertz CT molecular complexity index is 623. The molecule has 0 bridgehead atoms. The molecule has 0 radical (unpaired) electrons. The highest BCUT2D eigenvalue weighted by atomic mass is 32.1. The quantitative estimate of drug-likeness (QED) is 0.845. The number of anilines is 1. The summed E-state index contributed by atoms with van der Waals surface area (Å²) in [6.07, 6.45) is 6.29. The lowest BCUT2D eigenvalue weighted by atomic mass is 10.1. The largest absolute Gasteiger partial charge is 0.399 e. The zero-order valence-corrected chi connectivity index (χ0v) is 12.4. The maximum Gasteiger partial charge on any atom is 0.0329 e. The zero-order chi connectivity index (χ0) is 13.5. The second kappa shape index (κ2) is 4.90. The number of aryl methyl sites for hydroxylation is 3. The first-order chi connectivity index (χ1) is 9.79. The Morgan fingerprint density at radius 2 is 2.10 bits per heavy atom. The second-order valence-electron chi connectivity index (χ2n) is 5.95. The molecule has 0 spiro atoms. The van der Waals surface area contributed by atoms with Crippen LogP contribution in [0.3, 0.4) is 0 Å². The van der Waals surface area contributed by atoms with Gasteiger partial charge in [0.2, 0.25) is 0 Å². The van der Waals surface area contributed by atoms with Crippen molar-refractivity contribution in [1.29, 1.82) is 0 Å². The van der Waals surface area contributed by atoms with Crippen molar-refractivity contribution in [1.82, 2.24) is 5.32 Å². The van der Waals surface area contributed by atoms with E-state index in [1.54, 1.807) is 10.4 Å². The third-order valence-corrected chi connectivity index (χ3v) is 5.80. The Hall–Kier alpha value is -1.32. The topological polar surface area (TPSA) is 38.0 Å². The van der Waals surface area contributed by atoms with Gasteiger partial charge in [0.25, 0.3) is 0 Å². The van der Waals surface area contributed by atoms with Gasteiger partial charge in [-0.05, 0) is 67.0 Å². The molecule has 1 unspecified atom stereocenters. The molecule has 3 N–H and O–H groups in total. The van der Waals surface area contributed by atoms with Crippen molar-refractivity contribution in [2.45, 2.75) is 44.7 Å². The molecule has 1 heterocycles. The maximum atomic E-state index is 5.86. The molecule has 0 saturated heterocycles. The van der Waals surface area contributed by atoms with Crippen molar-refractivity contribution >= 4 is 17.0 Å². The van der Waals surface area contributed by atoms with Crippen LogP contribution in [0, 0.1) is 0 Å². The molecule has 104 valence electrons. The van der Waals surface area contributed by atoms with Gasteiger partial charge in [-0.1, -0.05) is 6.07 Å². The van der Waals surface area contributed by atoms with E-state index in [-0.39, 0.29) is 0 Å². The van der Waals surface area contributed by atoms with E-state index in [1.165, 1.54) is 41.7 Å². The van der Waals surface area contributed by atoms with E-state index in [9.17, 15) is 0 Å². The van der Waals surface area contributed by atoms with Crippen molar-refractivity contribution in [3.05, 3.63) is 50.7 Å². The van der Waals surface area contributed by atoms with Gasteiger partial charge in [0, 0.05) is 28.0 Å². The smallest absolute Gasteiger partial charge is 0.0329 e. The molecule has 0 amide bonds. The number of fused-ring (bicyclic) bond motifs is 2. The summed E-state index contributed by atoms with van der Waals surface area (Å²) in [4.78, 5) is 3.12. The van der Waals surface area contributed by atoms with Gasteiger partial charge in [-0.15, -0.1) is 11.3 Å².